The van der Waals surface area contributed by atoms with Crippen molar-refractivity contribution in [1.82, 2.24) is 9.88 Å². The van der Waals surface area contributed by atoms with E-state index in [2.05, 4.69) is 10.3 Å². The summed E-state index contributed by atoms with van der Waals surface area (Å²) in [5.41, 5.74) is 2.62. The van der Waals surface area contributed by atoms with E-state index in [1.165, 1.54) is 12.8 Å². The molecule has 144 valence electrons. The summed E-state index contributed by atoms with van der Waals surface area (Å²) < 4.78 is 0. The fraction of sp³-hybridized carbons (Fsp3) is 0.348. The first-order chi connectivity index (χ1) is 13.7. The van der Waals surface area contributed by atoms with E-state index in [0.29, 0.717) is 19.0 Å². The minimum absolute atomic E-state index is 0.0697. The molecule has 1 N–H and O–H groups in total. The number of carbonyl (C=O) groups excluding carboxylic acids is 2. The number of nitrogens with one attached hydrogen (secondary N) is 1. The molecule has 2 aliphatic rings. The number of pyridine rings is 1. The molecule has 5 heteroatoms. The average molecular weight is 375 g/mol. The van der Waals surface area contributed by atoms with Crippen LogP contribution in [-0.2, 0) is 9.59 Å². The normalized spacial score (nSPS) is 20.2. The van der Waals surface area contributed by atoms with E-state index < -0.39 is 0 Å². The molecule has 2 fully saturated rings. The third kappa shape index (κ3) is 4.30. The van der Waals surface area contributed by atoms with Crippen LogP contribution in [0.5, 0.6) is 0 Å². The molecular formula is C23H25N3O2. The Balaban J connectivity index is 1.38. The highest BCUT2D eigenvalue weighted by molar-refractivity contribution is 5.97. The number of hydrogen-bond donors (Lipinski definition) is 1. The Morgan fingerprint density at radius 3 is 2.75 bits per heavy atom. The fourth-order valence-electron chi connectivity index (χ4n) is 4.10. The molecule has 1 atom stereocenters. The Morgan fingerprint density at radius 1 is 1.11 bits per heavy atom. The van der Waals surface area contributed by atoms with Gasteiger partial charge in [-0.25, -0.2) is 0 Å². The highest BCUT2D eigenvalue weighted by Crippen LogP contribution is 2.30. The molecule has 0 spiro atoms. The number of nitrogens with zero attached hydrogens (tertiary/aromatic N) is 2. The molecular weight excluding hydrogens is 350 g/mol. The van der Waals surface area contributed by atoms with Gasteiger partial charge in [-0.3, -0.25) is 14.6 Å². The summed E-state index contributed by atoms with van der Waals surface area (Å²) in [4.78, 5) is 31.2. The van der Waals surface area contributed by atoms with Crippen LogP contribution in [0.4, 0.5) is 5.69 Å². The van der Waals surface area contributed by atoms with Crippen LogP contribution in [0.25, 0.3) is 12.2 Å². The molecule has 1 aliphatic carbocycles. The minimum Gasteiger partial charge on any atom is -0.339 e. The summed E-state index contributed by atoms with van der Waals surface area (Å²) in [5, 5.41) is 2.99. The van der Waals surface area contributed by atoms with Gasteiger partial charge in [0, 0.05) is 30.9 Å². The lowest BCUT2D eigenvalue weighted by Crippen LogP contribution is -2.35. The number of amides is 2. The zero-order chi connectivity index (χ0) is 19.3. The number of hydrogen-bond acceptors (Lipinski definition) is 3. The summed E-state index contributed by atoms with van der Waals surface area (Å²) in [6.45, 7) is 0.550. The maximum atomic E-state index is 12.7. The van der Waals surface area contributed by atoms with Crippen molar-refractivity contribution in [3.63, 3.8) is 0 Å². The third-order valence-electron chi connectivity index (χ3n) is 5.58. The Labute approximate surface area is 165 Å². The van der Waals surface area contributed by atoms with Crippen molar-refractivity contribution in [2.24, 2.45) is 5.92 Å². The predicted octanol–water partition coefficient (Wildman–Crippen LogP) is 3.98. The molecule has 1 unspecified atom stereocenters. The van der Waals surface area contributed by atoms with Gasteiger partial charge in [0.25, 0.3) is 0 Å². The van der Waals surface area contributed by atoms with Gasteiger partial charge < -0.3 is 10.2 Å². The highest BCUT2D eigenvalue weighted by atomic mass is 16.2. The molecule has 5 nitrogen and oxygen atoms in total. The average Bonchev–Trinajstić information content (AvgIpc) is 3.37. The molecule has 2 heterocycles. The number of aromatic nitrogens is 1. The van der Waals surface area contributed by atoms with Crippen LogP contribution < -0.4 is 5.32 Å². The SMILES string of the molecule is O=C(Nc1cccc(C=Cc2ccccn2)c1)C1CC(=O)N(C2CCCC2)C1. The van der Waals surface area contributed by atoms with Gasteiger partial charge in [-0.05, 0) is 48.7 Å². The molecule has 28 heavy (non-hydrogen) atoms. The van der Waals surface area contributed by atoms with Gasteiger partial charge in [-0.2, -0.15) is 0 Å². The van der Waals surface area contributed by atoms with E-state index in [1.807, 2.05) is 59.5 Å². The van der Waals surface area contributed by atoms with E-state index in [-0.39, 0.29) is 17.7 Å². The van der Waals surface area contributed by atoms with Crippen molar-refractivity contribution >= 4 is 29.7 Å². The van der Waals surface area contributed by atoms with Gasteiger partial charge in [0.1, 0.15) is 0 Å². The first kappa shape index (κ1) is 18.4. The van der Waals surface area contributed by atoms with Gasteiger partial charge in [-0.1, -0.05) is 37.1 Å². The van der Waals surface area contributed by atoms with Crippen LogP contribution in [0.15, 0.2) is 48.7 Å². The monoisotopic (exact) mass is 375 g/mol. The Morgan fingerprint density at radius 2 is 1.96 bits per heavy atom. The van der Waals surface area contributed by atoms with Crippen molar-refractivity contribution in [2.75, 3.05) is 11.9 Å². The second-order valence-electron chi connectivity index (χ2n) is 7.59. The number of anilines is 1. The number of carbonyl (C=O) groups is 2. The molecule has 2 amide bonds. The lowest BCUT2D eigenvalue weighted by Gasteiger charge is -2.23. The third-order valence-corrected chi connectivity index (χ3v) is 5.58. The Hall–Kier alpha value is -2.95. The molecule has 1 saturated heterocycles. The minimum atomic E-state index is -0.263. The van der Waals surface area contributed by atoms with Crippen molar-refractivity contribution in [1.29, 1.82) is 0 Å². The number of likely N-dealkylation sites (tertiary alicyclic amines) is 1. The van der Waals surface area contributed by atoms with Crippen molar-refractivity contribution in [2.45, 2.75) is 38.1 Å². The molecule has 1 aromatic heterocycles. The number of benzene rings is 1. The van der Waals surface area contributed by atoms with E-state index in [4.69, 9.17) is 0 Å². The largest absolute Gasteiger partial charge is 0.339 e. The van der Waals surface area contributed by atoms with Crippen LogP contribution in [0.3, 0.4) is 0 Å². The van der Waals surface area contributed by atoms with Crippen molar-refractivity contribution in [3.8, 4) is 0 Å². The molecule has 1 aliphatic heterocycles. The quantitative estimate of drug-likeness (QED) is 0.860. The predicted molar refractivity (Wildman–Crippen MR) is 110 cm³/mol. The number of rotatable bonds is 5. The topological polar surface area (TPSA) is 62.3 Å². The second-order valence-corrected chi connectivity index (χ2v) is 7.59. The first-order valence-corrected chi connectivity index (χ1v) is 9.98. The summed E-state index contributed by atoms with van der Waals surface area (Å²) in [5.74, 6) is -0.209. The molecule has 1 aromatic carbocycles. The molecule has 1 saturated carbocycles. The lowest BCUT2D eigenvalue weighted by molar-refractivity contribution is -0.129. The fourth-order valence-corrected chi connectivity index (χ4v) is 4.10. The summed E-state index contributed by atoms with van der Waals surface area (Å²) in [6.07, 6.45) is 10.5. The van der Waals surface area contributed by atoms with Crippen LogP contribution >= 0.6 is 0 Å². The standard InChI is InChI=1S/C23H25N3O2/c27-22-15-18(16-26(22)21-9-1-2-10-21)23(28)25-20-8-5-6-17(14-20)11-12-19-7-3-4-13-24-19/h3-8,11-14,18,21H,1-2,9-10,15-16H2,(H,25,28). The van der Waals surface area contributed by atoms with E-state index in [9.17, 15) is 9.59 Å². The van der Waals surface area contributed by atoms with Gasteiger partial charge in [0.05, 0.1) is 11.6 Å². The molecule has 4 rings (SSSR count). The summed E-state index contributed by atoms with van der Waals surface area (Å²) in [6, 6.07) is 13.8. The van der Waals surface area contributed by atoms with Crippen molar-refractivity contribution < 1.29 is 9.59 Å². The zero-order valence-electron chi connectivity index (χ0n) is 15.9. The Kier molecular flexibility index (Phi) is 5.51. The van der Waals surface area contributed by atoms with Gasteiger partial charge in [0.15, 0.2) is 0 Å². The lowest BCUT2D eigenvalue weighted by atomic mass is 10.1. The van der Waals surface area contributed by atoms with Gasteiger partial charge >= 0.3 is 0 Å². The smallest absolute Gasteiger partial charge is 0.229 e. The maximum Gasteiger partial charge on any atom is 0.229 e. The second kappa shape index (κ2) is 8.38. The molecule has 2 aromatic rings. The van der Waals surface area contributed by atoms with Crippen LogP contribution in [0, 0.1) is 5.92 Å². The maximum absolute atomic E-state index is 12.7. The zero-order valence-corrected chi connectivity index (χ0v) is 15.9. The Bertz CT molecular complexity index is 872. The van der Waals surface area contributed by atoms with Gasteiger partial charge in [-0.15, -0.1) is 0 Å². The van der Waals surface area contributed by atoms with E-state index in [1.54, 1.807) is 6.20 Å². The summed E-state index contributed by atoms with van der Waals surface area (Å²) >= 11 is 0. The van der Waals surface area contributed by atoms with Gasteiger partial charge in [0.2, 0.25) is 11.8 Å². The highest BCUT2D eigenvalue weighted by Gasteiger charge is 2.38. The van der Waals surface area contributed by atoms with Crippen LogP contribution in [0.2, 0.25) is 0 Å². The molecule has 0 radical (unpaired) electrons. The van der Waals surface area contributed by atoms with Crippen LogP contribution in [-0.4, -0.2) is 34.3 Å². The summed E-state index contributed by atoms with van der Waals surface area (Å²) in [7, 11) is 0. The first-order valence-electron chi connectivity index (χ1n) is 9.98. The van der Waals surface area contributed by atoms with E-state index in [0.717, 1.165) is 29.8 Å². The van der Waals surface area contributed by atoms with Crippen molar-refractivity contribution in [3.05, 3.63) is 59.9 Å². The molecule has 0 bridgehead atoms. The van der Waals surface area contributed by atoms with Crippen LogP contribution in [0.1, 0.15) is 43.4 Å². The van der Waals surface area contributed by atoms with E-state index >= 15 is 0 Å².